The van der Waals surface area contributed by atoms with E-state index in [9.17, 15) is 4.79 Å². The molecule has 1 aromatic heterocycles. The lowest BCUT2D eigenvalue weighted by Crippen LogP contribution is -2.37. The molecule has 0 radical (unpaired) electrons. The summed E-state index contributed by atoms with van der Waals surface area (Å²) in [6, 6.07) is 1.70. The van der Waals surface area contributed by atoms with Gasteiger partial charge in [0.15, 0.2) is 0 Å². The number of hydrogen-bond acceptors (Lipinski definition) is 3. The maximum absolute atomic E-state index is 12.3. The second-order valence-electron chi connectivity index (χ2n) is 5.06. The van der Waals surface area contributed by atoms with Crippen LogP contribution in [0, 0.1) is 5.92 Å². The molecule has 1 fully saturated rings. The Bertz CT molecular complexity index is 456. The molecule has 19 heavy (non-hydrogen) atoms. The fourth-order valence-corrected chi connectivity index (χ4v) is 2.48. The number of anilines is 1. The maximum Gasteiger partial charge on any atom is 0.255 e. The van der Waals surface area contributed by atoms with Crippen molar-refractivity contribution in [2.45, 2.75) is 26.7 Å². The highest BCUT2D eigenvalue weighted by molar-refractivity contribution is 6.33. The Hall–Kier alpha value is -1.29. The average molecular weight is 282 g/mol. The van der Waals surface area contributed by atoms with Gasteiger partial charge in [-0.2, -0.15) is 0 Å². The van der Waals surface area contributed by atoms with E-state index in [4.69, 9.17) is 11.6 Å². The average Bonchev–Trinajstić information content (AvgIpc) is 2.41. The minimum absolute atomic E-state index is 0.0318. The van der Waals surface area contributed by atoms with Crippen molar-refractivity contribution >= 4 is 23.3 Å². The van der Waals surface area contributed by atoms with Gasteiger partial charge in [-0.05, 0) is 31.7 Å². The summed E-state index contributed by atoms with van der Waals surface area (Å²) >= 11 is 6.12. The Morgan fingerprint density at radius 1 is 1.53 bits per heavy atom. The third-order valence-corrected chi connectivity index (χ3v) is 3.79. The molecular weight excluding hydrogens is 262 g/mol. The van der Waals surface area contributed by atoms with Crippen molar-refractivity contribution in [2.24, 2.45) is 5.92 Å². The SMILES string of the molecule is CCNc1ncc(C(=O)N2CCC(C)CC2)cc1Cl. The molecule has 2 heterocycles. The van der Waals surface area contributed by atoms with Gasteiger partial charge in [-0.3, -0.25) is 4.79 Å². The van der Waals surface area contributed by atoms with Crippen LogP contribution in [-0.2, 0) is 0 Å². The lowest BCUT2D eigenvalue weighted by atomic mass is 9.99. The van der Waals surface area contributed by atoms with Crippen LogP contribution in [0.25, 0.3) is 0 Å². The van der Waals surface area contributed by atoms with Gasteiger partial charge in [-0.25, -0.2) is 4.98 Å². The van der Waals surface area contributed by atoms with Crippen LogP contribution in [0.4, 0.5) is 5.82 Å². The number of rotatable bonds is 3. The van der Waals surface area contributed by atoms with E-state index < -0.39 is 0 Å². The van der Waals surface area contributed by atoms with Gasteiger partial charge >= 0.3 is 0 Å². The van der Waals surface area contributed by atoms with Gasteiger partial charge in [0.2, 0.25) is 0 Å². The van der Waals surface area contributed by atoms with E-state index >= 15 is 0 Å². The zero-order chi connectivity index (χ0) is 13.8. The van der Waals surface area contributed by atoms with E-state index in [2.05, 4.69) is 17.2 Å². The number of aromatic nitrogens is 1. The number of carbonyl (C=O) groups excluding carboxylic acids is 1. The molecule has 1 saturated heterocycles. The molecule has 4 nitrogen and oxygen atoms in total. The van der Waals surface area contributed by atoms with E-state index in [0.717, 1.165) is 32.5 Å². The smallest absolute Gasteiger partial charge is 0.255 e. The second-order valence-corrected chi connectivity index (χ2v) is 5.47. The van der Waals surface area contributed by atoms with Crippen molar-refractivity contribution < 1.29 is 4.79 Å². The van der Waals surface area contributed by atoms with E-state index in [1.807, 2.05) is 11.8 Å². The summed E-state index contributed by atoms with van der Waals surface area (Å²) in [5.41, 5.74) is 0.571. The van der Waals surface area contributed by atoms with Crippen molar-refractivity contribution in [3.63, 3.8) is 0 Å². The number of nitrogens with zero attached hydrogens (tertiary/aromatic N) is 2. The normalized spacial score (nSPS) is 16.5. The molecule has 0 unspecified atom stereocenters. The van der Waals surface area contributed by atoms with Gasteiger partial charge in [-0.1, -0.05) is 18.5 Å². The van der Waals surface area contributed by atoms with Gasteiger partial charge in [0.1, 0.15) is 5.82 Å². The monoisotopic (exact) mass is 281 g/mol. The van der Waals surface area contributed by atoms with E-state index in [1.54, 1.807) is 12.3 Å². The summed E-state index contributed by atoms with van der Waals surface area (Å²) in [6.07, 6.45) is 3.75. The third kappa shape index (κ3) is 3.38. The first-order chi connectivity index (χ1) is 9.11. The van der Waals surface area contributed by atoms with Crippen LogP contribution in [0.5, 0.6) is 0 Å². The molecule has 1 aliphatic rings. The van der Waals surface area contributed by atoms with E-state index in [1.165, 1.54) is 0 Å². The van der Waals surface area contributed by atoms with Crippen molar-refractivity contribution in [3.05, 3.63) is 22.8 Å². The van der Waals surface area contributed by atoms with Crippen molar-refractivity contribution in [3.8, 4) is 0 Å². The van der Waals surface area contributed by atoms with Gasteiger partial charge in [0.05, 0.1) is 10.6 Å². The van der Waals surface area contributed by atoms with E-state index in [-0.39, 0.29) is 5.91 Å². The highest BCUT2D eigenvalue weighted by atomic mass is 35.5. The van der Waals surface area contributed by atoms with Gasteiger partial charge in [0, 0.05) is 25.8 Å². The molecule has 0 aliphatic carbocycles. The highest BCUT2D eigenvalue weighted by Crippen LogP contribution is 2.22. The first kappa shape index (κ1) is 14.1. The molecular formula is C14H20ClN3O. The number of amides is 1. The Morgan fingerprint density at radius 2 is 2.21 bits per heavy atom. The molecule has 0 aromatic carbocycles. The predicted octanol–water partition coefficient (Wildman–Crippen LogP) is 3.04. The number of piperidine rings is 1. The number of nitrogens with one attached hydrogen (secondary N) is 1. The molecule has 0 saturated carbocycles. The Morgan fingerprint density at radius 3 is 2.79 bits per heavy atom. The lowest BCUT2D eigenvalue weighted by Gasteiger charge is -2.30. The minimum Gasteiger partial charge on any atom is -0.369 e. The number of carbonyl (C=O) groups is 1. The lowest BCUT2D eigenvalue weighted by molar-refractivity contribution is 0.0697. The topological polar surface area (TPSA) is 45.2 Å². The molecule has 1 N–H and O–H groups in total. The van der Waals surface area contributed by atoms with Crippen molar-refractivity contribution in [2.75, 3.05) is 25.0 Å². The molecule has 1 aliphatic heterocycles. The summed E-state index contributed by atoms with van der Waals surface area (Å²) in [4.78, 5) is 18.4. The molecule has 1 amide bonds. The fraction of sp³-hybridized carbons (Fsp3) is 0.571. The van der Waals surface area contributed by atoms with Crippen LogP contribution < -0.4 is 5.32 Å². The zero-order valence-corrected chi connectivity index (χ0v) is 12.2. The van der Waals surface area contributed by atoms with Gasteiger partial charge in [0.25, 0.3) is 5.91 Å². The summed E-state index contributed by atoms with van der Waals surface area (Å²) in [6.45, 7) is 6.61. The maximum atomic E-state index is 12.3. The van der Waals surface area contributed by atoms with Crippen LogP contribution >= 0.6 is 11.6 Å². The number of pyridine rings is 1. The van der Waals surface area contributed by atoms with Gasteiger partial charge in [-0.15, -0.1) is 0 Å². The highest BCUT2D eigenvalue weighted by Gasteiger charge is 2.22. The second kappa shape index (κ2) is 6.24. The number of halogens is 1. The molecule has 0 atom stereocenters. The Balaban J connectivity index is 2.09. The van der Waals surface area contributed by atoms with Crippen LogP contribution in [0.1, 0.15) is 37.0 Å². The predicted molar refractivity (Wildman–Crippen MR) is 77.7 cm³/mol. The first-order valence-electron chi connectivity index (χ1n) is 6.80. The van der Waals surface area contributed by atoms with Crippen LogP contribution in [0.3, 0.4) is 0 Å². The van der Waals surface area contributed by atoms with Crippen LogP contribution in [0.15, 0.2) is 12.3 Å². The van der Waals surface area contributed by atoms with Crippen LogP contribution in [0.2, 0.25) is 5.02 Å². The van der Waals surface area contributed by atoms with Crippen molar-refractivity contribution in [1.82, 2.24) is 9.88 Å². The molecule has 5 heteroatoms. The summed E-state index contributed by atoms with van der Waals surface area (Å²) in [7, 11) is 0. The molecule has 0 spiro atoms. The van der Waals surface area contributed by atoms with Crippen LogP contribution in [-0.4, -0.2) is 35.4 Å². The summed E-state index contributed by atoms with van der Waals surface area (Å²) in [5.74, 6) is 1.37. The largest absolute Gasteiger partial charge is 0.369 e. The molecule has 0 bridgehead atoms. The quantitative estimate of drug-likeness (QED) is 0.926. The zero-order valence-electron chi connectivity index (χ0n) is 11.4. The van der Waals surface area contributed by atoms with E-state index in [0.29, 0.717) is 22.3 Å². The van der Waals surface area contributed by atoms with Crippen molar-refractivity contribution in [1.29, 1.82) is 0 Å². The summed E-state index contributed by atoms with van der Waals surface area (Å²) < 4.78 is 0. The van der Waals surface area contributed by atoms with Gasteiger partial charge < -0.3 is 10.2 Å². The number of hydrogen-bond donors (Lipinski definition) is 1. The molecule has 104 valence electrons. The minimum atomic E-state index is 0.0318. The molecule has 1 aromatic rings. The Kier molecular flexibility index (Phi) is 4.64. The third-order valence-electron chi connectivity index (χ3n) is 3.50. The first-order valence-corrected chi connectivity index (χ1v) is 7.18. The fourth-order valence-electron chi connectivity index (χ4n) is 2.25. The number of likely N-dealkylation sites (tertiary alicyclic amines) is 1. The standard InChI is InChI=1S/C14H20ClN3O/c1-3-16-13-12(15)8-11(9-17-13)14(19)18-6-4-10(2)5-7-18/h8-10H,3-7H2,1-2H3,(H,16,17). The Labute approximate surface area is 119 Å². The summed E-state index contributed by atoms with van der Waals surface area (Å²) in [5, 5.41) is 3.56. The molecule has 2 rings (SSSR count).